The Hall–Kier alpha value is -1.40. The average Bonchev–Trinajstić information content (AvgIpc) is 2.31. The number of anilines is 1. The van der Waals surface area contributed by atoms with E-state index in [0.717, 1.165) is 6.42 Å². The monoisotopic (exact) mass is 267 g/mol. The van der Waals surface area contributed by atoms with Crippen LogP contribution >= 0.6 is 0 Å². The van der Waals surface area contributed by atoms with Crippen LogP contribution in [-0.2, 0) is 0 Å². The molecular weight excluding hydrogens is 246 g/mol. The number of nitrogens with two attached hydrogens (primary N) is 1. The molecule has 4 unspecified atom stereocenters. The first kappa shape index (κ1) is 14.0. The number of nitrogen functional groups attached to an aromatic ring is 1. The third-order valence-corrected chi connectivity index (χ3v) is 4.00. The zero-order valence-corrected chi connectivity index (χ0v) is 11.1. The van der Waals surface area contributed by atoms with Crippen LogP contribution in [0.3, 0.4) is 0 Å². The highest BCUT2D eigenvalue weighted by atomic mass is 16.3. The van der Waals surface area contributed by atoms with E-state index < -0.39 is 11.8 Å². The number of hydrogen-bond acceptors (Lipinski definition) is 5. The average molecular weight is 267 g/mol. The lowest BCUT2D eigenvalue weighted by molar-refractivity contribution is -0.0600. The molecule has 6 nitrogen and oxygen atoms in total. The highest BCUT2D eigenvalue weighted by Gasteiger charge is 2.45. The van der Waals surface area contributed by atoms with E-state index in [-0.39, 0.29) is 30.3 Å². The van der Waals surface area contributed by atoms with E-state index in [1.54, 1.807) is 12.3 Å². The molecule has 1 aromatic heterocycles. The molecule has 0 spiro atoms. The van der Waals surface area contributed by atoms with E-state index in [4.69, 9.17) is 5.73 Å². The molecule has 1 heterocycles. The van der Waals surface area contributed by atoms with Gasteiger partial charge in [0.25, 0.3) is 0 Å². The highest BCUT2D eigenvalue weighted by Crippen LogP contribution is 2.46. The summed E-state index contributed by atoms with van der Waals surface area (Å²) in [5, 5.41) is 19.5. The van der Waals surface area contributed by atoms with E-state index in [1.807, 2.05) is 6.92 Å². The van der Waals surface area contributed by atoms with Crippen LogP contribution in [-0.4, -0.2) is 32.5 Å². The molecule has 4 atom stereocenters. The van der Waals surface area contributed by atoms with Crippen molar-refractivity contribution in [2.75, 3.05) is 12.3 Å². The van der Waals surface area contributed by atoms with Gasteiger partial charge in [-0.2, -0.15) is 4.98 Å². The first-order chi connectivity index (χ1) is 9.08. The third-order valence-electron chi connectivity index (χ3n) is 4.00. The van der Waals surface area contributed by atoms with E-state index in [2.05, 4.69) is 4.98 Å². The van der Waals surface area contributed by atoms with Crippen LogP contribution < -0.4 is 11.4 Å². The Morgan fingerprint density at radius 3 is 2.95 bits per heavy atom. The lowest BCUT2D eigenvalue weighted by Crippen LogP contribution is -2.49. The van der Waals surface area contributed by atoms with Gasteiger partial charge in [-0.15, -0.1) is 0 Å². The topological polar surface area (TPSA) is 101 Å². The summed E-state index contributed by atoms with van der Waals surface area (Å²) in [6, 6.07) is 1.48. The van der Waals surface area contributed by atoms with Gasteiger partial charge in [0.2, 0.25) is 0 Å². The summed E-state index contributed by atoms with van der Waals surface area (Å²) in [5.74, 6) is 0.161. The molecule has 0 aliphatic heterocycles. The van der Waals surface area contributed by atoms with Gasteiger partial charge in [0, 0.05) is 24.8 Å². The zero-order chi connectivity index (χ0) is 14.0. The molecule has 1 aliphatic carbocycles. The van der Waals surface area contributed by atoms with Crippen molar-refractivity contribution in [2.24, 2.45) is 11.8 Å². The minimum absolute atomic E-state index is 0.0408. The van der Waals surface area contributed by atoms with Gasteiger partial charge in [0.1, 0.15) is 5.82 Å². The summed E-state index contributed by atoms with van der Waals surface area (Å²) in [6.07, 6.45) is 3.36. The molecule has 2 rings (SSSR count). The third kappa shape index (κ3) is 2.64. The van der Waals surface area contributed by atoms with Crippen LogP contribution in [0, 0.1) is 11.8 Å². The number of rotatable bonds is 5. The summed E-state index contributed by atoms with van der Waals surface area (Å²) in [5.41, 5.74) is 5.08. The SMILES string of the molecule is CCCC(O)C1C(CO)CC1n1ccc(N)nc1=O. The number of aromatic nitrogens is 2. The number of aliphatic hydroxyl groups is 2. The first-order valence-corrected chi connectivity index (χ1v) is 6.72. The van der Waals surface area contributed by atoms with Gasteiger partial charge in [0.05, 0.1) is 6.10 Å². The second kappa shape index (κ2) is 5.71. The van der Waals surface area contributed by atoms with E-state index >= 15 is 0 Å². The van der Waals surface area contributed by atoms with Crippen LogP contribution in [0.2, 0.25) is 0 Å². The second-order valence-electron chi connectivity index (χ2n) is 5.22. The van der Waals surface area contributed by atoms with Crippen molar-refractivity contribution >= 4 is 5.82 Å². The molecule has 1 saturated carbocycles. The van der Waals surface area contributed by atoms with Crippen molar-refractivity contribution in [3.8, 4) is 0 Å². The van der Waals surface area contributed by atoms with Crippen LogP contribution in [0.4, 0.5) is 5.82 Å². The number of aliphatic hydroxyl groups excluding tert-OH is 2. The molecule has 4 N–H and O–H groups in total. The molecule has 0 bridgehead atoms. The van der Waals surface area contributed by atoms with E-state index in [1.165, 1.54) is 4.57 Å². The lowest BCUT2D eigenvalue weighted by Gasteiger charge is -2.47. The largest absolute Gasteiger partial charge is 0.396 e. The quantitative estimate of drug-likeness (QED) is 0.705. The van der Waals surface area contributed by atoms with Crippen LogP contribution in [0.5, 0.6) is 0 Å². The Morgan fingerprint density at radius 1 is 1.63 bits per heavy atom. The summed E-state index contributed by atoms with van der Waals surface area (Å²) in [6.45, 7) is 2.04. The smallest absolute Gasteiger partial charge is 0.349 e. The molecule has 19 heavy (non-hydrogen) atoms. The Morgan fingerprint density at radius 2 is 2.37 bits per heavy atom. The van der Waals surface area contributed by atoms with Crippen molar-refractivity contribution in [3.05, 3.63) is 22.7 Å². The number of nitrogens with zero attached hydrogens (tertiary/aromatic N) is 2. The predicted molar refractivity (Wildman–Crippen MR) is 71.5 cm³/mol. The van der Waals surface area contributed by atoms with Gasteiger partial charge in [-0.1, -0.05) is 13.3 Å². The molecule has 106 valence electrons. The van der Waals surface area contributed by atoms with Gasteiger partial charge in [0.15, 0.2) is 0 Å². The fourth-order valence-corrected chi connectivity index (χ4v) is 2.98. The molecular formula is C13H21N3O3. The summed E-state index contributed by atoms with van der Waals surface area (Å²) >= 11 is 0. The minimum atomic E-state index is -0.495. The standard InChI is InChI=1S/C13H21N3O3/c1-2-3-10(18)12-8(7-17)6-9(12)16-5-4-11(14)15-13(16)19/h4-5,8-10,12,17-18H,2-3,6-7H2,1H3,(H2,14,15,19). The molecule has 0 radical (unpaired) electrons. The lowest BCUT2D eigenvalue weighted by atomic mass is 9.66. The van der Waals surface area contributed by atoms with Crippen molar-refractivity contribution in [1.82, 2.24) is 9.55 Å². The van der Waals surface area contributed by atoms with Crippen LogP contribution in [0.25, 0.3) is 0 Å². The van der Waals surface area contributed by atoms with E-state index in [9.17, 15) is 15.0 Å². The maximum absolute atomic E-state index is 11.8. The Bertz CT molecular complexity index is 488. The summed E-state index contributed by atoms with van der Waals surface area (Å²) in [7, 11) is 0. The van der Waals surface area contributed by atoms with Gasteiger partial charge in [-0.3, -0.25) is 4.57 Å². The predicted octanol–water partition coefficient (Wildman–Crippen LogP) is 0.156. The van der Waals surface area contributed by atoms with Gasteiger partial charge < -0.3 is 15.9 Å². The van der Waals surface area contributed by atoms with Crippen LogP contribution in [0.1, 0.15) is 32.2 Å². The minimum Gasteiger partial charge on any atom is -0.396 e. The van der Waals surface area contributed by atoms with Gasteiger partial charge in [-0.25, -0.2) is 4.79 Å². The first-order valence-electron chi connectivity index (χ1n) is 6.72. The second-order valence-corrected chi connectivity index (χ2v) is 5.22. The molecule has 1 fully saturated rings. The van der Waals surface area contributed by atoms with Crippen molar-refractivity contribution < 1.29 is 10.2 Å². The molecule has 1 aromatic rings. The molecule has 6 heteroatoms. The normalized spacial score (nSPS) is 27.8. The summed E-state index contributed by atoms with van der Waals surface area (Å²) < 4.78 is 1.52. The maximum Gasteiger partial charge on any atom is 0.349 e. The van der Waals surface area contributed by atoms with Crippen molar-refractivity contribution in [2.45, 2.75) is 38.3 Å². The fourth-order valence-electron chi connectivity index (χ4n) is 2.98. The van der Waals surface area contributed by atoms with Gasteiger partial charge in [-0.05, 0) is 24.8 Å². The van der Waals surface area contributed by atoms with E-state index in [0.29, 0.717) is 12.8 Å². The Labute approximate surface area is 111 Å². The summed E-state index contributed by atoms with van der Waals surface area (Å²) in [4.78, 5) is 15.5. The fraction of sp³-hybridized carbons (Fsp3) is 0.692. The van der Waals surface area contributed by atoms with Crippen LogP contribution in [0.15, 0.2) is 17.1 Å². The highest BCUT2D eigenvalue weighted by molar-refractivity contribution is 5.24. The molecule has 0 amide bonds. The van der Waals surface area contributed by atoms with Gasteiger partial charge >= 0.3 is 5.69 Å². The van der Waals surface area contributed by atoms with Crippen molar-refractivity contribution in [1.29, 1.82) is 0 Å². The Kier molecular flexibility index (Phi) is 4.21. The molecule has 0 saturated heterocycles. The molecule has 0 aromatic carbocycles. The zero-order valence-electron chi connectivity index (χ0n) is 11.1. The number of hydrogen-bond donors (Lipinski definition) is 3. The van der Waals surface area contributed by atoms with Crippen molar-refractivity contribution in [3.63, 3.8) is 0 Å². The Balaban J connectivity index is 2.22. The molecule has 1 aliphatic rings. The maximum atomic E-state index is 11.8.